The minimum atomic E-state index is -0.375. The van der Waals surface area contributed by atoms with Gasteiger partial charge >= 0.3 is 5.97 Å². The maximum atomic E-state index is 12.0. The lowest BCUT2D eigenvalue weighted by molar-refractivity contribution is -0.143. The molecule has 0 saturated heterocycles. The van der Waals surface area contributed by atoms with Crippen molar-refractivity contribution in [2.75, 3.05) is 13.2 Å². The molecule has 156 valence electrons. The first kappa shape index (κ1) is 22.0. The van der Waals surface area contributed by atoms with Crippen LogP contribution >= 0.6 is 22.9 Å². The lowest BCUT2D eigenvalue weighted by Gasteiger charge is -2.07. The van der Waals surface area contributed by atoms with E-state index in [0.29, 0.717) is 30.1 Å². The normalized spacial score (nSPS) is 10.6. The second-order valence-corrected chi connectivity index (χ2v) is 8.12. The van der Waals surface area contributed by atoms with Crippen LogP contribution in [0, 0.1) is 6.92 Å². The Balaban J connectivity index is 1.34. The molecule has 0 radical (unpaired) electrons. The predicted octanol–water partition coefficient (Wildman–Crippen LogP) is 4.61. The van der Waals surface area contributed by atoms with Gasteiger partial charge in [-0.1, -0.05) is 59.6 Å². The molecule has 0 aliphatic heterocycles. The third-order valence-electron chi connectivity index (χ3n) is 4.43. The van der Waals surface area contributed by atoms with Crippen molar-refractivity contribution < 1.29 is 14.3 Å². The molecule has 0 unspecified atom stereocenters. The highest BCUT2D eigenvalue weighted by Crippen LogP contribution is 2.30. The number of hydrogen-bond acceptors (Lipinski definition) is 5. The smallest absolute Gasteiger partial charge is 0.311 e. The van der Waals surface area contributed by atoms with Crippen LogP contribution in [0.5, 0.6) is 0 Å². The highest BCUT2D eigenvalue weighted by molar-refractivity contribution is 7.13. The zero-order valence-corrected chi connectivity index (χ0v) is 18.3. The van der Waals surface area contributed by atoms with Gasteiger partial charge in [0.15, 0.2) is 0 Å². The number of rotatable bonds is 9. The van der Waals surface area contributed by atoms with E-state index in [0.717, 1.165) is 16.1 Å². The Morgan fingerprint density at radius 2 is 1.90 bits per heavy atom. The Morgan fingerprint density at radius 1 is 1.13 bits per heavy atom. The fraction of sp³-hybridized carbons (Fsp3) is 0.261. The van der Waals surface area contributed by atoms with E-state index < -0.39 is 0 Å². The molecule has 5 nitrogen and oxygen atoms in total. The molecule has 3 aromatic rings. The van der Waals surface area contributed by atoms with Crippen molar-refractivity contribution in [2.24, 2.45) is 0 Å². The molecule has 1 amide bonds. The van der Waals surface area contributed by atoms with Crippen molar-refractivity contribution in [1.29, 1.82) is 0 Å². The van der Waals surface area contributed by atoms with Crippen LogP contribution in [-0.2, 0) is 27.2 Å². The number of carbonyl (C=O) groups is 2. The van der Waals surface area contributed by atoms with Crippen LogP contribution in [0.3, 0.4) is 0 Å². The summed E-state index contributed by atoms with van der Waals surface area (Å²) < 4.78 is 5.20. The Bertz CT molecular complexity index is 1000. The summed E-state index contributed by atoms with van der Waals surface area (Å²) in [7, 11) is 0. The molecule has 1 aromatic heterocycles. The quantitative estimate of drug-likeness (QED) is 0.388. The molecule has 0 aliphatic carbocycles. The van der Waals surface area contributed by atoms with Gasteiger partial charge in [-0.15, -0.1) is 11.3 Å². The predicted molar refractivity (Wildman–Crippen MR) is 120 cm³/mol. The second kappa shape index (κ2) is 10.9. The number of aromatic nitrogens is 1. The first-order valence-corrected chi connectivity index (χ1v) is 10.9. The average molecular weight is 443 g/mol. The van der Waals surface area contributed by atoms with Crippen molar-refractivity contribution >= 4 is 34.8 Å². The molecule has 0 bridgehead atoms. The minimum absolute atomic E-state index is 0.0597. The van der Waals surface area contributed by atoms with Crippen LogP contribution in [0.2, 0.25) is 5.02 Å². The van der Waals surface area contributed by atoms with E-state index in [4.69, 9.17) is 16.3 Å². The summed E-state index contributed by atoms with van der Waals surface area (Å²) in [6.07, 6.45) is 1.17. The summed E-state index contributed by atoms with van der Waals surface area (Å²) in [5.41, 5.74) is 3.81. The number of esters is 1. The molecule has 2 aromatic carbocycles. The molecule has 0 spiro atoms. The number of halogens is 1. The Hall–Kier alpha value is -2.70. The SMILES string of the molecule is Cc1ccc(CCC(=O)NCCOC(=O)Cc2csc(-c3ccccc3Cl)n2)cc1. The van der Waals surface area contributed by atoms with E-state index >= 15 is 0 Å². The van der Waals surface area contributed by atoms with Crippen LogP contribution < -0.4 is 5.32 Å². The van der Waals surface area contributed by atoms with E-state index in [1.54, 1.807) is 6.07 Å². The van der Waals surface area contributed by atoms with Crippen LogP contribution in [0.15, 0.2) is 53.9 Å². The maximum absolute atomic E-state index is 12.0. The molecule has 1 N–H and O–H groups in total. The Morgan fingerprint density at radius 3 is 2.67 bits per heavy atom. The third kappa shape index (κ3) is 6.68. The van der Waals surface area contributed by atoms with Gasteiger partial charge in [0.1, 0.15) is 11.6 Å². The molecule has 0 atom stereocenters. The number of thiazole rings is 1. The zero-order chi connectivity index (χ0) is 21.3. The number of nitrogens with zero attached hydrogens (tertiary/aromatic N) is 1. The fourth-order valence-electron chi connectivity index (χ4n) is 2.80. The maximum Gasteiger partial charge on any atom is 0.311 e. The monoisotopic (exact) mass is 442 g/mol. The van der Waals surface area contributed by atoms with Crippen molar-refractivity contribution in [3.63, 3.8) is 0 Å². The number of hydrogen-bond donors (Lipinski definition) is 1. The van der Waals surface area contributed by atoms with Gasteiger partial charge in [-0.25, -0.2) is 4.98 Å². The molecule has 0 fully saturated rings. The van der Waals surface area contributed by atoms with Crippen molar-refractivity contribution in [3.8, 4) is 10.6 Å². The number of ether oxygens (including phenoxy) is 1. The fourth-order valence-corrected chi connectivity index (χ4v) is 3.94. The van der Waals surface area contributed by atoms with Gasteiger partial charge < -0.3 is 10.1 Å². The molecule has 30 heavy (non-hydrogen) atoms. The molecule has 1 heterocycles. The van der Waals surface area contributed by atoms with Crippen LogP contribution in [0.25, 0.3) is 10.6 Å². The Labute approximate surface area is 185 Å². The summed E-state index contributed by atoms with van der Waals surface area (Å²) in [4.78, 5) is 28.4. The number of nitrogens with one attached hydrogen (secondary N) is 1. The summed E-state index contributed by atoms with van der Waals surface area (Å²) in [5, 5.41) is 5.99. The molecular formula is C23H23ClN2O3S. The van der Waals surface area contributed by atoms with E-state index in [2.05, 4.69) is 10.3 Å². The van der Waals surface area contributed by atoms with Gasteiger partial charge in [0, 0.05) is 17.4 Å². The van der Waals surface area contributed by atoms with Crippen LogP contribution in [0.4, 0.5) is 0 Å². The minimum Gasteiger partial charge on any atom is -0.464 e. The number of aryl methyl sites for hydroxylation is 2. The van der Waals surface area contributed by atoms with Gasteiger partial charge in [0.05, 0.1) is 23.7 Å². The molecule has 7 heteroatoms. The topological polar surface area (TPSA) is 68.3 Å². The standard InChI is InChI=1S/C23H23ClN2O3S/c1-16-6-8-17(9-7-16)10-11-21(27)25-12-13-29-22(28)14-18-15-30-23(26-18)19-4-2-3-5-20(19)24/h2-9,15H,10-14H2,1H3,(H,25,27). The lowest BCUT2D eigenvalue weighted by atomic mass is 10.1. The van der Waals surface area contributed by atoms with Crippen LogP contribution in [-0.4, -0.2) is 30.0 Å². The molecule has 0 aliphatic rings. The summed E-state index contributed by atoms with van der Waals surface area (Å²) in [6, 6.07) is 15.6. The summed E-state index contributed by atoms with van der Waals surface area (Å²) >= 11 is 7.62. The molecular weight excluding hydrogens is 420 g/mol. The Kier molecular flexibility index (Phi) is 7.99. The van der Waals surface area contributed by atoms with Gasteiger partial charge in [0.25, 0.3) is 0 Å². The van der Waals surface area contributed by atoms with Crippen molar-refractivity contribution in [3.05, 3.63) is 75.8 Å². The zero-order valence-electron chi connectivity index (χ0n) is 16.7. The van der Waals surface area contributed by atoms with Gasteiger partial charge in [-0.3, -0.25) is 9.59 Å². The lowest BCUT2D eigenvalue weighted by Crippen LogP contribution is -2.28. The number of benzene rings is 2. The van der Waals surface area contributed by atoms with Crippen LogP contribution in [0.1, 0.15) is 23.2 Å². The van der Waals surface area contributed by atoms with Crippen molar-refractivity contribution in [1.82, 2.24) is 10.3 Å². The van der Waals surface area contributed by atoms with E-state index in [1.807, 2.05) is 54.8 Å². The summed E-state index contributed by atoms with van der Waals surface area (Å²) in [6.45, 7) is 2.46. The second-order valence-electron chi connectivity index (χ2n) is 6.86. The number of amides is 1. The average Bonchev–Trinajstić information content (AvgIpc) is 3.19. The van der Waals surface area contributed by atoms with Crippen molar-refractivity contribution in [2.45, 2.75) is 26.2 Å². The highest BCUT2D eigenvalue weighted by atomic mass is 35.5. The first-order chi connectivity index (χ1) is 14.5. The molecule has 3 rings (SSSR count). The van der Waals surface area contributed by atoms with E-state index in [9.17, 15) is 9.59 Å². The van der Waals surface area contributed by atoms with Gasteiger partial charge in [0.2, 0.25) is 5.91 Å². The van der Waals surface area contributed by atoms with Gasteiger partial charge in [-0.2, -0.15) is 0 Å². The number of carbonyl (C=O) groups excluding carboxylic acids is 2. The van der Waals surface area contributed by atoms with Gasteiger partial charge in [-0.05, 0) is 25.0 Å². The summed E-state index contributed by atoms with van der Waals surface area (Å²) in [5.74, 6) is -0.435. The van der Waals surface area contributed by atoms with E-state index in [1.165, 1.54) is 16.9 Å². The largest absolute Gasteiger partial charge is 0.464 e. The van der Waals surface area contributed by atoms with E-state index in [-0.39, 0.29) is 24.9 Å². The molecule has 0 saturated carbocycles. The first-order valence-electron chi connectivity index (χ1n) is 9.68. The highest BCUT2D eigenvalue weighted by Gasteiger charge is 2.12. The third-order valence-corrected chi connectivity index (χ3v) is 5.68.